The molecule has 0 aliphatic carbocycles. The lowest BCUT2D eigenvalue weighted by atomic mass is 10.1. The van der Waals surface area contributed by atoms with Gasteiger partial charge in [-0.05, 0) is 36.4 Å². The summed E-state index contributed by atoms with van der Waals surface area (Å²) in [6.45, 7) is 1.20. The largest absolute Gasteiger partial charge is 0.426 e. The monoisotopic (exact) mass is 323 g/mol. The van der Waals surface area contributed by atoms with Crippen LogP contribution in [0.25, 0.3) is 0 Å². The topological polar surface area (TPSA) is 55.4 Å². The Morgan fingerprint density at radius 1 is 1.00 bits per heavy atom. The maximum absolute atomic E-state index is 12.5. The molecule has 1 N–H and O–H groups in total. The number of amides is 1. The zero-order valence-corrected chi connectivity index (χ0v) is 12.0. The zero-order chi connectivity index (χ0) is 17.0. The number of ether oxygens (including phenoxy) is 1. The van der Waals surface area contributed by atoms with Crippen molar-refractivity contribution in [3.8, 4) is 5.75 Å². The molecular formula is C16H12F3NO3. The molecule has 0 bridgehead atoms. The summed E-state index contributed by atoms with van der Waals surface area (Å²) < 4.78 is 42.4. The minimum absolute atomic E-state index is 0.0735. The Hall–Kier alpha value is -2.83. The summed E-state index contributed by atoms with van der Waals surface area (Å²) in [5, 5.41) is 2.45. The van der Waals surface area contributed by atoms with Crippen LogP contribution in [0.2, 0.25) is 0 Å². The first-order valence-electron chi connectivity index (χ1n) is 6.53. The van der Waals surface area contributed by atoms with Gasteiger partial charge in [-0.25, -0.2) is 0 Å². The highest BCUT2D eigenvalue weighted by Crippen LogP contribution is 2.30. The van der Waals surface area contributed by atoms with E-state index in [0.29, 0.717) is 0 Å². The van der Waals surface area contributed by atoms with E-state index in [4.69, 9.17) is 4.74 Å². The van der Waals surface area contributed by atoms with Crippen LogP contribution in [-0.2, 0) is 11.0 Å². The molecule has 0 atom stereocenters. The average Bonchev–Trinajstić information content (AvgIpc) is 2.46. The Labute approximate surface area is 129 Å². The molecule has 120 valence electrons. The van der Waals surface area contributed by atoms with E-state index in [-0.39, 0.29) is 17.0 Å². The Balaban J connectivity index is 2.18. The lowest BCUT2D eigenvalue weighted by molar-refractivity contribution is -0.137. The lowest BCUT2D eigenvalue weighted by Crippen LogP contribution is -2.15. The molecule has 0 unspecified atom stereocenters. The van der Waals surface area contributed by atoms with Crippen molar-refractivity contribution in [1.29, 1.82) is 0 Å². The van der Waals surface area contributed by atoms with Crippen molar-refractivity contribution >= 4 is 17.6 Å². The molecule has 0 saturated carbocycles. The number of esters is 1. The number of carbonyl (C=O) groups excluding carboxylic acids is 2. The highest BCUT2D eigenvalue weighted by Gasteiger charge is 2.30. The second-order valence-corrected chi connectivity index (χ2v) is 4.62. The molecular weight excluding hydrogens is 311 g/mol. The number of anilines is 1. The number of hydrogen-bond donors (Lipinski definition) is 1. The first-order chi connectivity index (χ1) is 10.8. The zero-order valence-electron chi connectivity index (χ0n) is 12.0. The van der Waals surface area contributed by atoms with Crippen LogP contribution >= 0.6 is 0 Å². The highest BCUT2D eigenvalue weighted by molar-refractivity contribution is 6.06. The summed E-state index contributed by atoms with van der Waals surface area (Å²) in [5.41, 5.74) is -0.515. The molecule has 0 aliphatic rings. The van der Waals surface area contributed by atoms with Crippen LogP contribution < -0.4 is 10.1 Å². The third-order valence-electron chi connectivity index (χ3n) is 2.86. The Morgan fingerprint density at radius 3 is 2.17 bits per heavy atom. The van der Waals surface area contributed by atoms with Crippen molar-refractivity contribution in [2.24, 2.45) is 0 Å². The summed E-state index contributed by atoms with van der Waals surface area (Å²) >= 11 is 0. The van der Waals surface area contributed by atoms with E-state index in [0.717, 1.165) is 24.3 Å². The molecule has 1 amide bonds. The summed E-state index contributed by atoms with van der Waals surface area (Å²) in [5.74, 6) is -1.11. The third-order valence-corrected chi connectivity index (χ3v) is 2.86. The van der Waals surface area contributed by atoms with Crippen LogP contribution in [0.1, 0.15) is 22.8 Å². The number of carbonyl (C=O) groups is 2. The molecule has 0 heterocycles. The van der Waals surface area contributed by atoms with Gasteiger partial charge >= 0.3 is 12.1 Å². The van der Waals surface area contributed by atoms with Crippen LogP contribution in [0.3, 0.4) is 0 Å². The molecule has 0 saturated heterocycles. The molecule has 2 aromatic carbocycles. The second kappa shape index (κ2) is 6.51. The first-order valence-corrected chi connectivity index (χ1v) is 6.53. The van der Waals surface area contributed by atoms with Gasteiger partial charge in [-0.3, -0.25) is 9.59 Å². The van der Waals surface area contributed by atoms with E-state index >= 15 is 0 Å². The summed E-state index contributed by atoms with van der Waals surface area (Å²) in [4.78, 5) is 23.2. The fourth-order valence-electron chi connectivity index (χ4n) is 1.84. The van der Waals surface area contributed by atoms with Gasteiger partial charge in [0.25, 0.3) is 5.91 Å². The number of alkyl halides is 3. The molecule has 0 spiro atoms. The Kier molecular flexibility index (Phi) is 4.68. The van der Waals surface area contributed by atoms with Crippen molar-refractivity contribution in [3.63, 3.8) is 0 Å². The molecule has 7 heteroatoms. The van der Waals surface area contributed by atoms with E-state index in [1.807, 2.05) is 0 Å². The van der Waals surface area contributed by atoms with Crippen molar-refractivity contribution in [2.75, 3.05) is 5.32 Å². The van der Waals surface area contributed by atoms with Crippen LogP contribution in [0, 0.1) is 0 Å². The standard InChI is InChI=1S/C16H12F3NO3/c1-10(21)23-14-5-3-2-4-13(14)15(22)20-12-8-6-11(7-9-12)16(17,18)19/h2-9H,1H3,(H,20,22). The Bertz CT molecular complexity index is 724. The minimum atomic E-state index is -4.44. The molecule has 0 fully saturated rings. The lowest BCUT2D eigenvalue weighted by Gasteiger charge is -2.11. The van der Waals surface area contributed by atoms with Crippen LogP contribution in [0.5, 0.6) is 5.75 Å². The number of hydrogen-bond acceptors (Lipinski definition) is 3. The average molecular weight is 323 g/mol. The molecule has 2 rings (SSSR count). The van der Waals surface area contributed by atoms with E-state index in [9.17, 15) is 22.8 Å². The van der Waals surface area contributed by atoms with Gasteiger partial charge in [0.2, 0.25) is 0 Å². The van der Waals surface area contributed by atoms with Crippen molar-refractivity contribution in [1.82, 2.24) is 0 Å². The van der Waals surface area contributed by atoms with Crippen LogP contribution in [0.15, 0.2) is 48.5 Å². The van der Waals surface area contributed by atoms with Crippen LogP contribution in [-0.4, -0.2) is 11.9 Å². The third kappa shape index (κ3) is 4.32. The van der Waals surface area contributed by atoms with E-state index in [1.165, 1.54) is 19.1 Å². The summed E-state index contributed by atoms with van der Waals surface area (Å²) in [6, 6.07) is 10.1. The van der Waals surface area contributed by atoms with Gasteiger partial charge in [0.05, 0.1) is 11.1 Å². The minimum Gasteiger partial charge on any atom is -0.426 e. The van der Waals surface area contributed by atoms with Gasteiger partial charge in [-0.1, -0.05) is 12.1 Å². The quantitative estimate of drug-likeness (QED) is 0.689. The number of halogens is 3. The highest BCUT2D eigenvalue weighted by atomic mass is 19.4. The molecule has 0 aromatic heterocycles. The fraction of sp³-hybridized carbons (Fsp3) is 0.125. The number of benzene rings is 2. The second-order valence-electron chi connectivity index (χ2n) is 4.62. The number of para-hydroxylation sites is 1. The molecule has 23 heavy (non-hydrogen) atoms. The summed E-state index contributed by atoms with van der Waals surface area (Å²) in [7, 11) is 0. The smallest absolute Gasteiger partial charge is 0.416 e. The molecule has 2 aromatic rings. The van der Waals surface area contributed by atoms with Crippen LogP contribution in [0.4, 0.5) is 18.9 Å². The van der Waals surface area contributed by atoms with Crippen molar-refractivity contribution in [2.45, 2.75) is 13.1 Å². The first kappa shape index (κ1) is 16.5. The predicted octanol–water partition coefficient (Wildman–Crippen LogP) is 3.88. The van der Waals surface area contributed by atoms with Gasteiger partial charge in [-0.2, -0.15) is 13.2 Å². The van der Waals surface area contributed by atoms with Crippen molar-refractivity contribution < 1.29 is 27.5 Å². The van der Waals surface area contributed by atoms with Gasteiger partial charge in [0, 0.05) is 12.6 Å². The maximum atomic E-state index is 12.5. The van der Waals surface area contributed by atoms with E-state index in [1.54, 1.807) is 12.1 Å². The van der Waals surface area contributed by atoms with Gasteiger partial charge < -0.3 is 10.1 Å². The maximum Gasteiger partial charge on any atom is 0.416 e. The van der Waals surface area contributed by atoms with Gasteiger partial charge in [0.1, 0.15) is 5.75 Å². The van der Waals surface area contributed by atoms with E-state index < -0.39 is 23.6 Å². The number of rotatable bonds is 3. The molecule has 0 radical (unpaired) electrons. The van der Waals surface area contributed by atoms with Gasteiger partial charge in [0.15, 0.2) is 0 Å². The van der Waals surface area contributed by atoms with Gasteiger partial charge in [-0.15, -0.1) is 0 Å². The Morgan fingerprint density at radius 2 is 1.61 bits per heavy atom. The SMILES string of the molecule is CC(=O)Oc1ccccc1C(=O)Nc1ccc(C(F)(F)F)cc1. The fourth-order valence-corrected chi connectivity index (χ4v) is 1.84. The molecule has 4 nitrogen and oxygen atoms in total. The predicted molar refractivity (Wildman–Crippen MR) is 77.1 cm³/mol. The molecule has 0 aliphatic heterocycles. The normalized spacial score (nSPS) is 11.0. The summed E-state index contributed by atoms with van der Waals surface area (Å²) in [6.07, 6.45) is -4.44. The number of nitrogens with one attached hydrogen (secondary N) is 1. The van der Waals surface area contributed by atoms with Crippen molar-refractivity contribution in [3.05, 3.63) is 59.7 Å². The van der Waals surface area contributed by atoms with E-state index in [2.05, 4.69) is 5.32 Å².